The van der Waals surface area contributed by atoms with Gasteiger partial charge in [-0.3, -0.25) is 0 Å². The maximum atomic E-state index is 5.71. The lowest BCUT2D eigenvalue weighted by Crippen LogP contribution is -2.08. The first kappa shape index (κ1) is 11.9. The highest BCUT2D eigenvalue weighted by molar-refractivity contribution is 7.15. The molecule has 96 valence electrons. The zero-order chi connectivity index (χ0) is 12.4. The van der Waals surface area contributed by atoms with Gasteiger partial charge < -0.3 is 9.73 Å². The normalized spacial score (nSPS) is 14.1. The first-order chi connectivity index (χ1) is 8.86. The lowest BCUT2D eigenvalue weighted by Gasteiger charge is -1.94. The third-order valence-corrected chi connectivity index (χ3v) is 4.47. The third-order valence-electron chi connectivity index (χ3n) is 3.24. The summed E-state index contributed by atoms with van der Waals surface area (Å²) in [5, 5.41) is 11.4. The highest BCUT2D eigenvalue weighted by atomic mass is 32.1. The summed E-state index contributed by atoms with van der Waals surface area (Å²) >= 11 is 1.81. The number of hydrogen-bond acceptors (Lipinski definition) is 5. The zero-order valence-electron chi connectivity index (χ0n) is 10.5. The summed E-state index contributed by atoms with van der Waals surface area (Å²) in [6.07, 6.45) is 5.58. The van der Waals surface area contributed by atoms with Crippen LogP contribution in [0.1, 0.15) is 29.2 Å². The van der Waals surface area contributed by atoms with Gasteiger partial charge in [0.1, 0.15) is 0 Å². The van der Waals surface area contributed by atoms with Gasteiger partial charge >= 0.3 is 0 Å². The van der Waals surface area contributed by atoms with Crippen LogP contribution in [0.4, 0.5) is 0 Å². The Hall–Kier alpha value is -1.20. The standard InChI is InChI=1S/C13H17N3OS/c1-14-7-3-6-12-15-16-13(17-12)11-8-9-4-2-5-10(9)18-11/h8,14H,2-7H2,1H3. The fourth-order valence-corrected chi connectivity index (χ4v) is 3.48. The zero-order valence-corrected chi connectivity index (χ0v) is 11.3. The van der Waals surface area contributed by atoms with E-state index in [0.717, 1.165) is 30.2 Å². The van der Waals surface area contributed by atoms with Crippen molar-refractivity contribution in [2.24, 2.45) is 0 Å². The van der Waals surface area contributed by atoms with Crippen LogP contribution in [0.2, 0.25) is 0 Å². The second-order valence-corrected chi connectivity index (χ2v) is 5.76. The van der Waals surface area contributed by atoms with Gasteiger partial charge in [0.05, 0.1) is 4.88 Å². The van der Waals surface area contributed by atoms with Gasteiger partial charge in [-0.25, -0.2) is 0 Å². The van der Waals surface area contributed by atoms with Gasteiger partial charge in [0.15, 0.2) is 0 Å². The van der Waals surface area contributed by atoms with E-state index in [1.54, 1.807) is 0 Å². The molecule has 0 saturated carbocycles. The first-order valence-corrected chi connectivity index (χ1v) is 7.27. The van der Waals surface area contributed by atoms with Crippen LogP contribution in [-0.4, -0.2) is 23.8 Å². The van der Waals surface area contributed by atoms with E-state index in [1.807, 2.05) is 18.4 Å². The maximum absolute atomic E-state index is 5.71. The SMILES string of the molecule is CNCCCc1nnc(-c2cc3c(s2)CCC3)o1. The lowest BCUT2D eigenvalue weighted by atomic mass is 10.2. The predicted molar refractivity (Wildman–Crippen MR) is 71.9 cm³/mol. The molecule has 0 atom stereocenters. The molecular formula is C13H17N3OS. The second kappa shape index (κ2) is 5.20. The van der Waals surface area contributed by atoms with Crippen molar-refractivity contribution in [3.8, 4) is 10.8 Å². The molecule has 0 saturated heterocycles. The monoisotopic (exact) mass is 263 g/mol. The van der Waals surface area contributed by atoms with Crippen LogP contribution in [0.15, 0.2) is 10.5 Å². The minimum atomic E-state index is 0.689. The van der Waals surface area contributed by atoms with E-state index in [0.29, 0.717) is 5.89 Å². The Balaban J connectivity index is 1.72. The van der Waals surface area contributed by atoms with Crippen LogP contribution in [0.5, 0.6) is 0 Å². The summed E-state index contributed by atoms with van der Waals surface area (Å²) < 4.78 is 5.71. The summed E-state index contributed by atoms with van der Waals surface area (Å²) in [7, 11) is 1.95. The molecule has 4 nitrogen and oxygen atoms in total. The van der Waals surface area contributed by atoms with Crippen molar-refractivity contribution in [1.29, 1.82) is 0 Å². The maximum Gasteiger partial charge on any atom is 0.257 e. The van der Waals surface area contributed by atoms with Crippen molar-refractivity contribution in [3.63, 3.8) is 0 Å². The topological polar surface area (TPSA) is 51.0 Å². The Bertz CT molecular complexity index is 511. The largest absolute Gasteiger partial charge is 0.420 e. The van der Waals surface area contributed by atoms with E-state index < -0.39 is 0 Å². The van der Waals surface area contributed by atoms with Crippen LogP contribution in [0, 0.1) is 0 Å². The molecule has 0 spiro atoms. The molecule has 0 amide bonds. The molecule has 0 aromatic carbocycles. The van der Waals surface area contributed by atoms with Gasteiger partial charge in [0.2, 0.25) is 5.89 Å². The minimum absolute atomic E-state index is 0.689. The fraction of sp³-hybridized carbons (Fsp3) is 0.538. The van der Waals surface area contributed by atoms with Gasteiger partial charge in [-0.1, -0.05) is 0 Å². The first-order valence-electron chi connectivity index (χ1n) is 6.46. The molecule has 0 aliphatic heterocycles. The van der Waals surface area contributed by atoms with Crippen LogP contribution in [0.25, 0.3) is 10.8 Å². The van der Waals surface area contributed by atoms with Crippen LogP contribution in [-0.2, 0) is 19.3 Å². The Morgan fingerprint density at radius 3 is 3.17 bits per heavy atom. The number of rotatable bonds is 5. The van der Waals surface area contributed by atoms with E-state index >= 15 is 0 Å². The number of nitrogens with zero attached hydrogens (tertiary/aromatic N) is 2. The lowest BCUT2D eigenvalue weighted by molar-refractivity contribution is 0.495. The molecule has 3 rings (SSSR count). The van der Waals surface area contributed by atoms with Crippen LogP contribution < -0.4 is 5.32 Å². The Labute approximate surface area is 110 Å². The highest BCUT2D eigenvalue weighted by Gasteiger charge is 2.18. The summed E-state index contributed by atoms with van der Waals surface area (Å²) in [5.74, 6) is 1.43. The average molecular weight is 263 g/mol. The van der Waals surface area contributed by atoms with Gasteiger partial charge in [-0.05, 0) is 50.9 Å². The van der Waals surface area contributed by atoms with E-state index in [2.05, 4.69) is 21.6 Å². The molecule has 1 N–H and O–H groups in total. The van der Waals surface area contributed by atoms with Crippen LogP contribution >= 0.6 is 11.3 Å². The molecule has 0 bridgehead atoms. The Morgan fingerprint density at radius 1 is 1.39 bits per heavy atom. The van der Waals surface area contributed by atoms with Gasteiger partial charge in [-0.2, -0.15) is 0 Å². The van der Waals surface area contributed by atoms with Crippen molar-refractivity contribution in [3.05, 3.63) is 22.4 Å². The number of aromatic nitrogens is 2. The third kappa shape index (κ3) is 2.33. The predicted octanol–water partition coefficient (Wildman–Crippen LogP) is 2.44. The van der Waals surface area contributed by atoms with Crippen molar-refractivity contribution in [1.82, 2.24) is 15.5 Å². The molecule has 18 heavy (non-hydrogen) atoms. The summed E-state index contributed by atoms with van der Waals surface area (Å²) in [5.41, 5.74) is 1.48. The molecule has 2 aromatic rings. The number of fused-ring (bicyclic) bond motifs is 1. The molecule has 1 aliphatic rings. The molecule has 1 aliphatic carbocycles. The van der Waals surface area contributed by atoms with E-state index in [9.17, 15) is 0 Å². The number of hydrogen-bond donors (Lipinski definition) is 1. The molecule has 2 aromatic heterocycles. The summed E-state index contributed by atoms with van der Waals surface area (Å²) in [6.45, 7) is 0.977. The van der Waals surface area contributed by atoms with Crippen molar-refractivity contribution in [2.75, 3.05) is 13.6 Å². The Kier molecular flexibility index (Phi) is 3.43. The summed E-state index contributed by atoms with van der Waals surface area (Å²) in [6, 6.07) is 2.22. The number of nitrogens with one attached hydrogen (secondary N) is 1. The average Bonchev–Trinajstić information content (AvgIpc) is 3.02. The molecule has 2 heterocycles. The molecule has 0 unspecified atom stereocenters. The van der Waals surface area contributed by atoms with Gasteiger partial charge in [0.25, 0.3) is 5.89 Å². The molecular weight excluding hydrogens is 246 g/mol. The fourth-order valence-electron chi connectivity index (χ4n) is 2.31. The Morgan fingerprint density at radius 2 is 2.33 bits per heavy atom. The van der Waals surface area contributed by atoms with Crippen molar-refractivity contribution in [2.45, 2.75) is 32.1 Å². The van der Waals surface area contributed by atoms with E-state index in [1.165, 1.54) is 29.7 Å². The number of aryl methyl sites for hydroxylation is 3. The van der Waals surface area contributed by atoms with E-state index in [4.69, 9.17) is 4.42 Å². The second-order valence-electron chi connectivity index (χ2n) is 4.62. The quantitative estimate of drug-likeness (QED) is 0.842. The van der Waals surface area contributed by atoms with Gasteiger partial charge in [0, 0.05) is 11.3 Å². The van der Waals surface area contributed by atoms with Crippen molar-refractivity contribution >= 4 is 11.3 Å². The smallest absolute Gasteiger partial charge is 0.257 e. The van der Waals surface area contributed by atoms with Crippen molar-refractivity contribution < 1.29 is 4.42 Å². The van der Waals surface area contributed by atoms with Crippen LogP contribution in [0.3, 0.4) is 0 Å². The number of thiophene rings is 1. The van der Waals surface area contributed by atoms with E-state index in [-0.39, 0.29) is 0 Å². The molecule has 5 heteroatoms. The van der Waals surface area contributed by atoms with Gasteiger partial charge in [-0.15, -0.1) is 21.5 Å². The molecule has 0 radical (unpaired) electrons. The summed E-state index contributed by atoms with van der Waals surface area (Å²) in [4.78, 5) is 2.63. The highest BCUT2D eigenvalue weighted by Crippen LogP contribution is 2.35. The minimum Gasteiger partial charge on any atom is -0.420 e. The molecule has 0 fully saturated rings.